The molecule has 2 aromatic rings. The average Bonchev–Trinajstić information content (AvgIpc) is 3.26. The van der Waals surface area contributed by atoms with E-state index >= 15 is 0 Å². The molecule has 120 valence electrons. The lowest BCUT2D eigenvalue weighted by atomic mass is 9.99. The van der Waals surface area contributed by atoms with Gasteiger partial charge >= 0.3 is 5.97 Å². The Hall–Kier alpha value is -2.30. The van der Waals surface area contributed by atoms with Crippen LogP contribution in [0.2, 0.25) is 0 Å². The van der Waals surface area contributed by atoms with E-state index in [9.17, 15) is 4.79 Å². The first-order valence-corrected chi connectivity index (χ1v) is 8.32. The molecule has 0 spiro atoms. The summed E-state index contributed by atoms with van der Waals surface area (Å²) < 4.78 is 10.5. The minimum atomic E-state index is -0.475. The van der Waals surface area contributed by atoms with Gasteiger partial charge in [0.05, 0.1) is 12.8 Å². The number of fused-ring (bicyclic) bond motifs is 2. The fraction of sp³-hybridized carbons (Fsp3) is 0.444. The highest BCUT2D eigenvalue weighted by atomic mass is 16.5. The van der Waals surface area contributed by atoms with Crippen molar-refractivity contribution in [3.05, 3.63) is 40.3 Å². The molecule has 0 radical (unpaired) electrons. The quantitative estimate of drug-likeness (QED) is 0.874. The molecule has 1 aromatic carbocycles. The van der Waals surface area contributed by atoms with Crippen molar-refractivity contribution in [1.29, 1.82) is 0 Å². The predicted octanol–water partition coefficient (Wildman–Crippen LogP) is 3.57. The summed E-state index contributed by atoms with van der Waals surface area (Å²) in [6.45, 7) is 2.09. The van der Waals surface area contributed by atoms with Gasteiger partial charge in [-0.1, -0.05) is 6.07 Å². The lowest BCUT2D eigenvalue weighted by molar-refractivity contribution is 0.0491. The topological polar surface area (TPSA) is 64.4 Å². The Labute approximate surface area is 135 Å². The van der Waals surface area contributed by atoms with Crippen molar-refractivity contribution < 1.29 is 13.9 Å². The van der Waals surface area contributed by atoms with Crippen molar-refractivity contribution in [3.8, 4) is 0 Å². The Morgan fingerprint density at radius 1 is 1.22 bits per heavy atom. The van der Waals surface area contributed by atoms with Crippen molar-refractivity contribution in [3.63, 3.8) is 0 Å². The first kappa shape index (κ1) is 14.3. The van der Waals surface area contributed by atoms with E-state index in [1.165, 1.54) is 41.3 Å². The van der Waals surface area contributed by atoms with Gasteiger partial charge in [-0.3, -0.25) is 0 Å². The largest absolute Gasteiger partial charge is 0.460 e. The van der Waals surface area contributed by atoms with Crippen LogP contribution >= 0.6 is 0 Å². The number of ether oxygens (including phenoxy) is 1. The van der Waals surface area contributed by atoms with Crippen LogP contribution in [0, 0.1) is 0 Å². The average molecular weight is 312 g/mol. The molecule has 0 fully saturated rings. The minimum Gasteiger partial charge on any atom is -0.460 e. The van der Waals surface area contributed by atoms with E-state index in [1.54, 1.807) is 6.92 Å². The lowest BCUT2D eigenvalue weighted by Crippen LogP contribution is -2.03. The van der Waals surface area contributed by atoms with Crippen LogP contribution in [0.5, 0.6) is 0 Å². The van der Waals surface area contributed by atoms with Crippen LogP contribution in [0.25, 0.3) is 0 Å². The highest BCUT2D eigenvalue weighted by molar-refractivity contribution is 5.86. The van der Waals surface area contributed by atoms with Crippen LogP contribution in [0.3, 0.4) is 0 Å². The Kier molecular flexibility index (Phi) is 3.56. The molecule has 1 heterocycles. The second-order valence-electron chi connectivity index (χ2n) is 6.11. The molecule has 0 saturated carbocycles. The van der Waals surface area contributed by atoms with E-state index in [1.807, 2.05) is 0 Å². The van der Waals surface area contributed by atoms with Crippen LogP contribution in [0.1, 0.15) is 52.6 Å². The summed E-state index contributed by atoms with van der Waals surface area (Å²) in [5.74, 6) is -0.338. The zero-order chi connectivity index (χ0) is 15.8. The van der Waals surface area contributed by atoms with Crippen molar-refractivity contribution in [2.24, 2.45) is 0 Å². The molecule has 0 unspecified atom stereocenters. The monoisotopic (exact) mass is 312 g/mol. The first-order valence-electron chi connectivity index (χ1n) is 8.32. The summed E-state index contributed by atoms with van der Waals surface area (Å²) in [5, 5.41) is 3.34. The van der Waals surface area contributed by atoms with Crippen LogP contribution in [-0.2, 0) is 30.4 Å². The van der Waals surface area contributed by atoms with Crippen LogP contribution in [0.15, 0.2) is 16.7 Å². The van der Waals surface area contributed by atoms with Gasteiger partial charge in [-0.25, -0.2) is 9.78 Å². The number of carbonyl (C=O) groups excluding carboxylic acids is 1. The van der Waals surface area contributed by atoms with Crippen molar-refractivity contribution in [2.45, 2.75) is 45.4 Å². The van der Waals surface area contributed by atoms with Crippen LogP contribution < -0.4 is 5.32 Å². The summed E-state index contributed by atoms with van der Waals surface area (Å²) in [6.07, 6.45) is 8.31. The summed E-state index contributed by atoms with van der Waals surface area (Å²) in [6, 6.07) is 2.75. The predicted molar refractivity (Wildman–Crippen MR) is 86.2 cm³/mol. The molecule has 0 saturated heterocycles. The number of oxazole rings is 1. The molecule has 0 bridgehead atoms. The highest BCUT2D eigenvalue weighted by Gasteiger charge is 2.25. The Bertz CT molecular complexity index is 732. The van der Waals surface area contributed by atoms with Crippen LogP contribution in [-0.4, -0.2) is 17.6 Å². The number of esters is 1. The van der Waals surface area contributed by atoms with Gasteiger partial charge in [-0.05, 0) is 67.7 Å². The number of nitrogens with zero attached hydrogens (tertiary/aromatic N) is 1. The van der Waals surface area contributed by atoms with E-state index in [4.69, 9.17) is 9.15 Å². The molecular formula is C18H20N2O3. The Morgan fingerprint density at radius 3 is 2.57 bits per heavy atom. The van der Waals surface area contributed by atoms with Crippen molar-refractivity contribution in [1.82, 2.24) is 4.98 Å². The summed E-state index contributed by atoms with van der Waals surface area (Å²) >= 11 is 0. The number of nitrogens with one attached hydrogen (secondary N) is 1. The molecule has 1 aromatic heterocycles. The van der Waals surface area contributed by atoms with E-state index in [0.29, 0.717) is 12.6 Å². The number of aromatic nitrogens is 1. The molecule has 23 heavy (non-hydrogen) atoms. The van der Waals surface area contributed by atoms with E-state index in [0.717, 1.165) is 31.4 Å². The molecule has 5 heteroatoms. The fourth-order valence-electron chi connectivity index (χ4n) is 3.70. The maximum Gasteiger partial charge on any atom is 0.376 e. The number of benzene rings is 1. The number of hydrogen-bond donors (Lipinski definition) is 1. The lowest BCUT2D eigenvalue weighted by Gasteiger charge is -2.14. The summed E-state index contributed by atoms with van der Waals surface area (Å²) in [4.78, 5) is 15.9. The zero-order valence-electron chi connectivity index (χ0n) is 13.3. The van der Waals surface area contributed by atoms with Crippen LogP contribution in [0.4, 0.5) is 11.7 Å². The number of rotatable bonds is 4. The molecule has 4 rings (SSSR count). The second-order valence-corrected chi connectivity index (χ2v) is 6.11. The number of hydrogen-bond acceptors (Lipinski definition) is 5. The molecule has 0 amide bonds. The SMILES string of the molecule is CCOC(=O)c1cnc(Nc2c3c(cc4c2CCC4)CCC3)o1. The summed E-state index contributed by atoms with van der Waals surface area (Å²) in [7, 11) is 0. The van der Waals surface area contributed by atoms with Gasteiger partial charge in [0, 0.05) is 5.69 Å². The summed E-state index contributed by atoms with van der Waals surface area (Å²) in [5.41, 5.74) is 6.84. The first-order chi connectivity index (χ1) is 11.3. The zero-order valence-corrected chi connectivity index (χ0v) is 13.3. The third kappa shape index (κ3) is 2.50. The fourth-order valence-corrected chi connectivity index (χ4v) is 3.70. The van der Waals surface area contributed by atoms with Gasteiger partial charge in [-0.2, -0.15) is 0 Å². The number of carbonyl (C=O) groups is 1. The third-order valence-electron chi connectivity index (χ3n) is 4.69. The molecular weight excluding hydrogens is 292 g/mol. The van der Waals surface area contributed by atoms with Crippen molar-refractivity contribution in [2.75, 3.05) is 11.9 Å². The van der Waals surface area contributed by atoms with Crippen molar-refractivity contribution >= 4 is 17.7 Å². The van der Waals surface area contributed by atoms with E-state index < -0.39 is 5.97 Å². The van der Waals surface area contributed by atoms with E-state index in [-0.39, 0.29) is 5.76 Å². The maximum absolute atomic E-state index is 11.7. The molecule has 2 aliphatic carbocycles. The molecule has 2 aliphatic rings. The van der Waals surface area contributed by atoms with Gasteiger partial charge in [0.2, 0.25) is 5.76 Å². The van der Waals surface area contributed by atoms with Gasteiger partial charge in [0.25, 0.3) is 6.01 Å². The molecule has 5 nitrogen and oxygen atoms in total. The molecule has 0 atom stereocenters. The normalized spacial score (nSPS) is 15.3. The standard InChI is InChI=1S/C18H20N2O3/c1-2-22-17(21)15-10-19-18(23-15)20-16-13-7-3-5-11(13)9-12-6-4-8-14(12)16/h9-10H,2-8H2,1H3,(H,19,20). The highest BCUT2D eigenvalue weighted by Crippen LogP contribution is 2.39. The maximum atomic E-state index is 11.7. The molecule has 0 aliphatic heterocycles. The minimum absolute atomic E-state index is 0.138. The van der Waals surface area contributed by atoms with Gasteiger partial charge in [0.15, 0.2) is 0 Å². The second kappa shape index (κ2) is 5.72. The smallest absolute Gasteiger partial charge is 0.376 e. The number of anilines is 2. The van der Waals surface area contributed by atoms with E-state index in [2.05, 4.69) is 16.4 Å². The number of aryl methyl sites for hydroxylation is 2. The van der Waals surface area contributed by atoms with Gasteiger partial charge in [0.1, 0.15) is 0 Å². The third-order valence-corrected chi connectivity index (χ3v) is 4.69. The van der Waals surface area contributed by atoms with Gasteiger partial charge in [-0.15, -0.1) is 0 Å². The molecule has 1 N–H and O–H groups in total. The van der Waals surface area contributed by atoms with Gasteiger partial charge < -0.3 is 14.5 Å². The Balaban J connectivity index is 1.66. The Morgan fingerprint density at radius 2 is 1.91 bits per heavy atom.